The topological polar surface area (TPSA) is 47.3 Å². The van der Waals surface area contributed by atoms with E-state index < -0.39 is 0 Å². The Bertz CT molecular complexity index is 558. The van der Waals surface area contributed by atoms with Gasteiger partial charge < -0.3 is 15.8 Å². The van der Waals surface area contributed by atoms with Gasteiger partial charge in [-0.3, -0.25) is 0 Å². The quantitative estimate of drug-likeness (QED) is 0.814. The van der Waals surface area contributed by atoms with E-state index in [4.69, 9.17) is 22.1 Å². The molecule has 100 valence electrons. The Morgan fingerprint density at radius 2 is 2.05 bits per heavy atom. The van der Waals surface area contributed by atoms with Gasteiger partial charge in [0.1, 0.15) is 5.75 Å². The van der Waals surface area contributed by atoms with Gasteiger partial charge in [-0.25, -0.2) is 0 Å². The highest BCUT2D eigenvalue weighted by Gasteiger charge is 2.02. The van der Waals surface area contributed by atoms with Crippen LogP contribution in [0.3, 0.4) is 0 Å². The maximum Gasteiger partial charge on any atom is 0.144 e. The van der Waals surface area contributed by atoms with Crippen LogP contribution in [-0.4, -0.2) is 6.61 Å². The Kier molecular flexibility index (Phi) is 4.53. The Morgan fingerprint density at radius 1 is 1.21 bits per heavy atom. The Labute approximate surface area is 118 Å². The van der Waals surface area contributed by atoms with Crippen molar-refractivity contribution in [3.8, 4) is 5.75 Å². The summed E-state index contributed by atoms with van der Waals surface area (Å²) >= 11 is 5.95. The molecule has 0 amide bonds. The Morgan fingerprint density at radius 3 is 2.79 bits per heavy atom. The van der Waals surface area contributed by atoms with Gasteiger partial charge in [-0.05, 0) is 36.8 Å². The number of halogens is 1. The minimum Gasteiger partial charge on any atom is -0.492 e. The minimum atomic E-state index is 0.599. The minimum absolute atomic E-state index is 0.599. The van der Waals surface area contributed by atoms with Gasteiger partial charge in [0, 0.05) is 23.3 Å². The van der Waals surface area contributed by atoms with Crippen molar-refractivity contribution in [2.24, 2.45) is 0 Å². The standard InChI is InChI=1S/C15H17ClN2O/c1-2-19-15-9-13(6-7-14(15)17)18-10-11-4-3-5-12(16)8-11/h3-9,18H,2,10,17H2,1H3. The lowest BCUT2D eigenvalue weighted by Crippen LogP contribution is -2.01. The van der Waals surface area contributed by atoms with Gasteiger partial charge in [-0.15, -0.1) is 0 Å². The lowest BCUT2D eigenvalue weighted by molar-refractivity contribution is 0.342. The second kappa shape index (κ2) is 6.34. The van der Waals surface area contributed by atoms with E-state index in [9.17, 15) is 0 Å². The number of benzene rings is 2. The van der Waals surface area contributed by atoms with Crippen molar-refractivity contribution < 1.29 is 4.74 Å². The molecule has 0 unspecified atom stereocenters. The van der Waals surface area contributed by atoms with Crippen LogP contribution in [0.4, 0.5) is 11.4 Å². The number of nitrogens with one attached hydrogen (secondary N) is 1. The molecule has 0 spiro atoms. The van der Waals surface area contributed by atoms with Gasteiger partial charge in [0.05, 0.1) is 12.3 Å². The fourth-order valence-corrected chi connectivity index (χ4v) is 1.99. The average molecular weight is 277 g/mol. The largest absolute Gasteiger partial charge is 0.492 e. The summed E-state index contributed by atoms with van der Waals surface area (Å²) in [5.41, 5.74) is 8.58. The summed E-state index contributed by atoms with van der Waals surface area (Å²) in [4.78, 5) is 0. The number of hydrogen-bond acceptors (Lipinski definition) is 3. The van der Waals surface area contributed by atoms with Gasteiger partial charge >= 0.3 is 0 Å². The molecule has 0 radical (unpaired) electrons. The molecule has 0 bridgehead atoms. The summed E-state index contributed by atoms with van der Waals surface area (Å²) < 4.78 is 5.46. The molecule has 2 aromatic carbocycles. The molecule has 0 aliphatic rings. The second-order valence-corrected chi connectivity index (χ2v) is 4.61. The highest BCUT2D eigenvalue weighted by atomic mass is 35.5. The van der Waals surface area contributed by atoms with Crippen molar-refractivity contribution in [2.75, 3.05) is 17.7 Å². The van der Waals surface area contributed by atoms with Crippen LogP contribution in [0.15, 0.2) is 42.5 Å². The maximum atomic E-state index is 5.95. The fraction of sp³-hybridized carbons (Fsp3) is 0.200. The summed E-state index contributed by atoms with van der Waals surface area (Å²) in [6.45, 7) is 3.24. The van der Waals surface area contributed by atoms with Crippen LogP contribution >= 0.6 is 11.6 Å². The second-order valence-electron chi connectivity index (χ2n) is 4.17. The molecule has 2 aromatic rings. The van der Waals surface area contributed by atoms with Gasteiger partial charge in [-0.2, -0.15) is 0 Å². The van der Waals surface area contributed by atoms with E-state index in [1.54, 1.807) is 0 Å². The first-order valence-electron chi connectivity index (χ1n) is 6.19. The summed E-state index contributed by atoms with van der Waals surface area (Å²) in [7, 11) is 0. The third-order valence-electron chi connectivity index (χ3n) is 2.70. The maximum absolute atomic E-state index is 5.95. The normalized spacial score (nSPS) is 10.2. The molecule has 19 heavy (non-hydrogen) atoms. The summed E-state index contributed by atoms with van der Waals surface area (Å²) in [6.07, 6.45) is 0. The van der Waals surface area contributed by atoms with Gasteiger partial charge in [0.25, 0.3) is 0 Å². The molecule has 4 heteroatoms. The molecule has 0 atom stereocenters. The molecule has 0 fully saturated rings. The predicted molar refractivity (Wildman–Crippen MR) is 80.8 cm³/mol. The number of hydrogen-bond donors (Lipinski definition) is 2. The number of nitrogen functional groups attached to an aromatic ring is 1. The lowest BCUT2D eigenvalue weighted by atomic mass is 10.2. The smallest absolute Gasteiger partial charge is 0.144 e. The highest BCUT2D eigenvalue weighted by molar-refractivity contribution is 6.30. The van der Waals surface area contributed by atoms with Crippen molar-refractivity contribution in [1.82, 2.24) is 0 Å². The third kappa shape index (κ3) is 3.80. The molecule has 0 heterocycles. The van der Waals surface area contributed by atoms with E-state index in [1.807, 2.05) is 49.4 Å². The van der Waals surface area contributed by atoms with Gasteiger partial charge in [0.15, 0.2) is 0 Å². The van der Waals surface area contributed by atoms with E-state index in [2.05, 4.69) is 5.32 Å². The number of nitrogens with two attached hydrogens (primary N) is 1. The summed E-state index contributed by atoms with van der Waals surface area (Å²) in [5.74, 6) is 0.707. The first-order chi connectivity index (χ1) is 9.19. The molecule has 3 N–H and O–H groups in total. The van der Waals surface area contributed by atoms with E-state index >= 15 is 0 Å². The van der Waals surface area contributed by atoms with E-state index in [1.165, 1.54) is 0 Å². The molecule has 0 aliphatic heterocycles. The predicted octanol–water partition coefficient (Wildman–Crippen LogP) is 3.93. The Hall–Kier alpha value is -1.87. The number of anilines is 2. The molecule has 0 saturated carbocycles. The third-order valence-corrected chi connectivity index (χ3v) is 2.93. The summed E-state index contributed by atoms with van der Waals surface area (Å²) in [5, 5.41) is 4.06. The lowest BCUT2D eigenvalue weighted by Gasteiger charge is -2.11. The summed E-state index contributed by atoms with van der Waals surface area (Å²) in [6, 6.07) is 13.4. The van der Waals surface area contributed by atoms with Crippen LogP contribution in [0, 0.1) is 0 Å². The van der Waals surface area contributed by atoms with Crippen LogP contribution in [-0.2, 0) is 6.54 Å². The highest BCUT2D eigenvalue weighted by Crippen LogP contribution is 2.25. The molecular weight excluding hydrogens is 260 g/mol. The first-order valence-corrected chi connectivity index (χ1v) is 6.57. The van der Waals surface area contributed by atoms with Crippen molar-refractivity contribution in [3.63, 3.8) is 0 Å². The van der Waals surface area contributed by atoms with E-state index in [0.717, 1.165) is 16.3 Å². The van der Waals surface area contributed by atoms with E-state index in [-0.39, 0.29) is 0 Å². The number of rotatable bonds is 5. The first kappa shape index (κ1) is 13.6. The number of ether oxygens (including phenoxy) is 1. The monoisotopic (exact) mass is 276 g/mol. The van der Waals surface area contributed by atoms with Crippen LogP contribution in [0.1, 0.15) is 12.5 Å². The molecule has 0 aromatic heterocycles. The fourth-order valence-electron chi connectivity index (χ4n) is 1.78. The van der Waals surface area contributed by atoms with Crippen molar-refractivity contribution >= 4 is 23.0 Å². The van der Waals surface area contributed by atoms with Crippen molar-refractivity contribution in [2.45, 2.75) is 13.5 Å². The molecule has 0 saturated heterocycles. The molecule has 0 aliphatic carbocycles. The van der Waals surface area contributed by atoms with E-state index in [0.29, 0.717) is 24.6 Å². The zero-order valence-corrected chi connectivity index (χ0v) is 11.6. The molecule has 3 nitrogen and oxygen atoms in total. The Balaban J connectivity index is 2.05. The van der Waals surface area contributed by atoms with Gasteiger partial charge in [-0.1, -0.05) is 23.7 Å². The van der Waals surface area contributed by atoms with Crippen molar-refractivity contribution in [3.05, 3.63) is 53.1 Å². The van der Waals surface area contributed by atoms with Crippen LogP contribution in [0.2, 0.25) is 5.02 Å². The molecular formula is C15H17ClN2O. The average Bonchev–Trinajstić information content (AvgIpc) is 2.40. The van der Waals surface area contributed by atoms with Crippen LogP contribution in [0.25, 0.3) is 0 Å². The van der Waals surface area contributed by atoms with Crippen LogP contribution in [0.5, 0.6) is 5.75 Å². The van der Waals surface area contributed by atoms with Gasteiger partial charge in [0.2, 0.25) is 0 Å². The van der Waals surface area contributed by atoms with Crippen LogP contribution < -0.4 is 15.8 Å². The zero-order valence-electron chi connectivity index (χ0n) is 10.8. The molecule has 2 rings (SSSR count). The SMILES string of the molecule is CCOc1cc(NCc2cccc(Cl)c2)ccc1N. The van der Waals surface area contributed by atoms with Crippen molar-refractivity contribution in [1.29, 1.82) is 0 Å². The zero-order chi connectivity index (χ0) is 13.7.